The maximum absolute atomic E-state index is 12.7. The van der Waals surface area contributed by atoms with Crippen molar-refractivity contribution in [3.63, 3.8) is 0 Å². The fourth-order valence-electron chi connectivity index (χ4n) is 6.56. The van der Waals surface area contributed by atoms with Crippen LogP contribution in [0.25, 0.3) is 0 Å². The molecule has 54 heavy (non-hydrogen) atoms. The Morgan fingerprint density at radius 2 is 1.00 bits per heavy atom. The number of hydrogen-bond donors (Lipinski definition) is 0. The SMILES string of the molecule is CCCC/C=C\C/C=C\CCCCCCCC(=O)OC(COCCC(C(=O)[O-])[N+](C)(C)C)COC(=O)CCCCCCCCCCCCCCCCCC. The van der Waals surface area contributed by atoms with Crippen LogP contribution in [0.1, 0.15) is 200 Å². The van der Waals surface area contributed by atoms with Crippen molar-refractivity contribution in [3.05, 3.63) is 24.3 Å². The number of hydrogen-bond acceptors (Lipinski definition) is 7. The minimum atomic E-state index is -1.13. The number of unbranched alkanes of at least 4 members (excludes halogenated alkanes) is 22. The lowest BCUT2D eigenvalue weighted by Gasteiger charge is -2.34. The van der Waals surface area contributed by atoms with Gasteiger partial charge in [-0.1, -0.05) is 167 Å². The summed E-state index contributed by atoms with van der Waals surface area (Å²) in [5, 5.41) is 11.6. The number of carboxylic acid groups (broad SMARTS) is 1. The normalized spacial score (nSPS) is 13.1. The minimum absolute atomic E-state index is 0.0387. The largest absolute Gasteiger partial charge is 0.544 e. The summed E-state index contributed by atoms with van der Waals surface area (Å²) < 4.78 is 17.2. The van der Waals surface area contributed by atoms with Crippen LogP contribution in [0, 0.1) is 0 Å². The van der Waals surface area contributed by atoms with E-state index >= 15 is 0 Å². The quantitative estimate of drug-likeness (QED) is 0.0265. The van der Waals surface area contributed by atoms with Crippen LogP contribution in [0.3, 0.4) is 0 Å². The smallest absolute Gasteiger partial charge is 0.306 e. The molecule has 0 amide bonds. The van der Waals surface area contributed by atoms with E-state index in [1.165, 1.54) is 103 Å². The van der Waals surface area contributed by atoms with Crippen LogP contribution in [0.5, 0.6) is 0 Å². The van der Waals surface area contributed by atoms with Crippen LogP contribution in [-0.2, 0) is 28.6 Å². The molecule has 316 valence electrons. The third kappa shape index (κ3) is 35.5. The first-order chi connectivity index (χ1) is 26.1. The van der Waals surface area contributed by atoms with Crippen molar-refractivity contribution in [1.82, 2.24) is 0 Å². The minimum Gasteiger partial charge on any atom is -0.544 e. The summed E-state index contributed by atoms with van der Waals surface area (Å²) in [6.07, 6.45) is 40.5. The number of aliphatic carboxylic acids is 1. The number of quaternary nitrogens is 1. The van der Waals surface area contributed by atoms with E-state index in [1.54, 1.807) is 21.1 Å². The molecule has 0 N–H and O–H groups in total. The van der Waals surface area contributed by atoms with Crippen LogP contribution < -0.4 is 5.11 Å². The number of esters is 2. The van der Waals surface area contributed by atoms with Gasteiger partial charge < -0.3 is 28.6 Å². The number of carboxylic acids is 1. The van der Waals surface area contributed by atoms with Crippen molar-refractivity contribution in [1.29, 1.82) is 0 Å². The molecule has 0 heterocycles. The lowest BCUT2D eigenvalue weighted by Crippen LogP contribution is -2.55. The van der Waals surface area contributed by atoms with Gasteiger partial charge in [-0.05, 0) is 38.5 Å². The molecule has 0 aliphatic carbocycles. The van der Waals surface area contributed by atoms with Gasteiger partial charge in [0, 0.05) is 19.3 Å². The first-order valence-corrected chi connectivity index (χ1v) is 22.4. The van der Waals surface area contributed by atoms with Crippen LogP contribution in [0.4, 0.5) is 0 Å². The Labute approximate surface area is 332 Å². The van der Waals surface area contributed by atoms with Gasteiger partial charge >= 0.3 is 11.9 Å². The van der Waals surface area contributed by atoms with Crippen molar-refractivity contribution in [2.24, 2.45) is 0 Å². The monoisotopic (exact) mass is 764 g/mol. The van der Waals surface area contributed by atoms with Crippen molar-refractivity contribution in [3.8, 4) is 0 Å². The van der Waals surface area contributed by atoms with E-state index in [0.29, 0.717) is 12.8 Å². The zero-order chi connectivity index (χ0) is 40.0. The van der Waals surface area contributed by atoms with Gasteiger partial charge in [-0.2, -0.15) is 0 Å². The summed E-state index contributed by atoms with van der Waals surface area (Å²) >= 11 is 0. The van der Waals surface area contributed by atoms with Gasteiger partial charge in [0.05, 0.1) is 40.3 Å². The number of carbonyl (C=O) groups excluding carboxylic acids is 3. The van der Waals surface area contributed by atoms with E-state index in [-0.39, 0.29) is 42.7 Å². The second-order valence-corrected chi connectivity index (χ2v) is 16.3. The van der Waals surface area contributed by atoms with E-state index in [9.17, 15) is 19.5 Å². The lowest BCUT2D eigenvalue weighted by molar-refractivity contribution is -0.889. The third-order valence-electron chi connectivity index (χ3n) is 10.1. The summed E-state index contributed by atoms with van der Waals surface area (Å²) in [4.78, 5) is 36.8. The fraction of sp³-hybridized carbons (Fsp3) is 0.848. The van der Waals surface area contributed by atoms with Gasteiger partial charge in [0.15, 0.2) is 6.10 Å². The van der Waals surface area contributed by atoms with Crippen molar-refractivity contribution < 1.29 is 38.2 Å². The van der Waals surface area contributed by atoms with E-state index in [2.05, 4.69) is 38.2 Å². The van der Waals surface area contributed by atoms with Gasteiger partial charge in [0.1, 0.15) is 12.6 Å². The maximum atomic E-state index is 12.7. The highest BCUT2D eigenvalue weighted by Gasteiger charge is 2.25. The van der Waals surface area contributed by atoms with Crippen molar-refractivity contribution >= 4 is 17.9 Å². The van der Waals surface area contributed by atoms with Crippen molar-refractivity contribution in [2.45, 2.75) is 212 Å². The van der Waals surface area contributed by atoms with E-state index in [4.69, 9.17) is 14.2 Å². The second-order valence-electron chi connectivity index (χ2n) is 16.3. The first-order valence-electron chi connectivity index (χ1n) is 22.4. The molecule has 0 aromatic carbocycles. The van der Waals surface area contributed by atoms with Gasteiger partial charge in [0.2, 0.25) is 0 Å². The maximum Gasteiger partial charge on any atom is 0.306 e. The molecule has 8 nitrogen and oxygen atoms in total. The molecule has 0 saturated carbocycles. The molecule has 0 aliphatic rings. The molecule has 0 aliphatic heterocycles. The highest BCUT2D eigenvalue weighted by Crippen LogP contribution is 2.15. The van der Waals surface area contributed by atoms with E-state index in [1.807, 2.05) is 0 Å². The van der Waals surface area contributed by atoms with Gasteiger partial charge in [-0.15, -0.1) is 0 Å². The molecule has 0 rings (SSSR count). The zero-order valence-electron chi connectivity index (χ0n) is 35.9. The molecule has 0 aromatic heterocycles. The predicted molar refractivity (Wildman–Crippen MR) is 222 cm³/mol. The van der Waals surface area contributed by atoms with E-state index in [0.717, 1.165) is 64.2 Å². The molecule has 0 bridgehead atoms. The molecular formula is C46H85NO7. The summed E-state index contributed by atoms with van der Waals surface area (Å²) in [6, 6.07) is -0.725. The topological polar surface area (TPSA) is 102 Å². The molecule has 0 spiro atoms. The standard InChI is InChI=1S/C46H85NO7/c1-6-8-10-12-14-16-18-20-22-23-25-26-28-30-32-34-36-44(48)53-41-42(40-52-39-38-43(46(50)51)47(3,4)5)54-45(49)37-35-33-31-29-27-24-21-19-17-15-13-11-9-7-2/h13,15,19,21,42-43H,6-12,14,16-18,20,22-41H2,1-5H3/b15-13-,21-19-. The van der Waals surface area contributed by atoms with Crippen molar-refractivity contribution in [2.75, 3.05) is 41.0 Å². The number of rotatable bonds is 40. The van der Waals surface area contributed by atoms with Gasteiger partial charge in [0.25, 0.3) is 0 Å². The average molecular weight is 764 g/mol. The number of likely N-dealkylation sites (N-methyl/N-ethyl adjacent to an activating group) is 1. The number of ether oxygens (including phenoxy) is 3. The van der Waals surface area contributed by atoms with Crippen LogP contribution in [0.15, 0.2) is 24.3 Å². The van der Waals surface area contributed by atoms with Crippen LogP contribution >= 0.6 is 0 Å². The average Bonchev–Trinajstić information content (AvgIpc) is 3.12. The first kappa shape index (κ1) is 51.8. The summed E-state index contributed by atoms with van der Waals surface area (Å²) in [7, 11) is 5.40. The molecule has 0 radical (unpaired) electrons. The van der Waals surface area contributed by atoms with Gasteiger partial charge in [-0.3, -0.25) is 9.59 Å². The molecule has 0 fully saturated rings. The fourth-order valence-corrected chi connectivity index (χ4v) is 6.56. The Hall–Kier alpha value is -2.19. The highest BCUT2D eigenvalue weighted by atomic mass is 16.6. The second kappa shape index (κ2) is 37.7. The lowest BCUT2D eigenvalue weighted by atomic mass is 10.0. The van der Waals surface area contributed by atoms with E-state index < -0.39 is 18.1 Å². The Kier molecular flexibility index (Phi) is 36.2. The predicted octanol–water partition coefficient (Wildman–Crippen LogP) is 10.7. The molecule has 2 unspecified atom stereocenters. The molecule has 0 aromatic rings. The van der Waals surface area contributed by atoms with Crippen LogP contribution in [0.2, 0.25) is 0 Å². The zero-order valence-corrected chi connectivity index (χ0v) is 35.9. The Morgan fingerprint density at radius 3 is 1.48 bits per heavy atom. The third-order valence-corrected chi connectivity index (χ3v) is 10.1. The van der Waals surface area contributed by atoms with Gasteiger partial charge in [-0.25, -0.2) is 0 Å². The Morgan fingerprint density at radius 1 is 0.556 bits per heavy atom. The summed E-state index contributed by atoms with van der Waals surface area (Å²) in [6.45, 7) is 4.62. The summed E-state index contributed by atoms with van der Waals surface area (Å²) in [5.74, 6) is -1.74. The highest BCUT2D eigenvalue weighted by molar-refractivity contribution is 5.70. The van der Waals surface area contributed by atoms with Crippen LogP contribution in [-0.4, -0.2) is 75.5 Å². The number of nitrogens with zero attached hydrogens (tertiary/aromatic N) is 1. The Balaban J connectivity index is 4.33. The number of allylic oxidation sites excluding steroid dienone is 4. The number of carbonyl (C=O) groups is 3. The summed E-state index contributed by atoms with van der Waals surface area (Å²) in [5.41, 5.74) is 0. The molecule has 2 atom stereocenters. The molecule has 0 saturated heterocycles. The Bertz CT molecular complexity index is 942. The molecule has 8 heteroatoms. The molecular weight excluding hydrogens is 679 g/mol.